The number of carbonyl (C=O) groups is 1. The van der Waals surface area contributed by atoms with Gasteiger partial charge in [-0.2, -0.15) is 13.2 Å². The second-order valence-corrected chi connectivity index (χ2v) is 4.40. The van der Waals surface area contributed by atoms with Crippen LogP contribution in [0.5, 0.6) is 0 Å². The summed E-state index contributed by atoms with van der Waals surface area (Å²) in [6.07, 6.45) is -5.24. The molecule has 3 nitrogen and oxygen atoms in total. The van der Waals surface area contributed by atoms with Crippen LogP contribution in [-0.2, 0) is 4.79 Å². The maximum atomic E-state index is 13.5. The average molecular weight is 279 g/mol. The number of halogens is 4. The molecule has 1 saturated carbocycles. The number of rotatable bonds is 6. The van der Waals surface area contributed by atoms with E-state index in [1.165, 1.54) is 0 Å². The monoisotopic (exact) mass is 279 g/mol. The van der Waals surface area contributed by atoms with Crippen LogP contribution in [0, 0.1) is 11.3 Å². The smallest absolute Gasteiger partial charge is 0.395 e. The van der Waals surface area contributed by atoms with Crippen LogP contribution in [0.1, 0.15) is 19.3 Å². The molecule has 0 radical (unpaired) electrons. The Morgan fingerprint density at radius 2 is 2.00 bits per heavy atom. The number of aliphatic carboxylic acids is 1. The molecule has 0 aromatic carbocycles. The van der Waals surface area contributed by atoms with E-state index in [2.05, 4.69) is 18.3 Å². The van der Waals surface area contributed by atoms with E-state index < -0.39 is 41.4 Å². The Morgan fingerprint density at radius 1 is 1.47 bits per heavy atom. The molecule has 0 bridgehead atoms. The minimum absolute atomic E-state index is 0.238. The fourth-order valence-electron chi connectivity index (χ4n) is 2.15. The van der Waals surface area contributed by atoms with Gasteiger partial charge in [0.15, 0.2) is 0 Å². The van der Waals surface area contributed by atoms with E-state index in [1.807, 2.05) is 0 Å². The largest absolute Gasteiger partial charge is 0.481 e. The van der Waals surface area contributed by atoms with Gasteiger partial charge in [-0.1, -0.05) is 6.58 Å². The van der Waals surface area contributed by atoms with E-state index in [0.29, 0.717) is 6.08 Å². The molecule has 0 aliphatic heterocycles. The minimum atomic E-state index is -4.61. The number of aliphatic imine (C=N–C) groups is 1. The average Bonchev–Trinajstić information content (AvgIpc) is 3.08. The van der Waals surface area contributed by atoms with Crippen molar-refractivity contribution in [3.63, 3.8) is 0 Å². The third kappa shape index (κ3) is 2.85. The summed E-state index contributed by atoms with van der Waals surface area (Å²) in [4.78, 5) is 14.0. The molecule has 0 heterocycles. The molecule has 1 aliphatic carbocycles. The fourth-order valence-corrected chi connectivity index (χ4v) is 2.15. The van der Waals surface area contributed by atoms with E-state index in [1.54, 1.807) is 0 Å². The van der Waals surface area contributed by atoms with Crippen molar-refractivity contribution in [1.82, 2.24) is 0 Å². The molecular weight excluding hydrogens is 266 g/mol. The molecule has 1 rings (SSSR count). The van der Waals surface area contributed by atoms with E-state index in [-0.39, 0.29) is 12.8 Å². The molecule has 0 aromatic rings. The van der Waals surface area contributed by atoms with Crippen molar-refractivity contribution in [2.45, 2.75) is 25.4 Å². The topological polar surface area (TPSA) is 49.7 Å². The molecule has 0 spiro atoms. The Morgan fingerprint density at radius 3 is 2.26 bits per heavy atom. The van der Waals surface area contributed by atoms with Crippen LogP contribution in [-0.4, -0.2) is 24.0 Å². The third-order valence-electron chi connectivity index (χ3n) is 3.32. The molecule has 0 aromatic heterocycles. The number of carboxylic acid groups (broad SMARTS) is 1. The molecule has 1 aliphatic rings. The number of alkyl halides is 3. The van der Waals surface area contributed by atoms with Gasteiger partial charge in [0, 0.05) is 5.92 Å². The van der Waals surface area contributed by atoms with E-state index in [4.69, 9.17) is 5.11 Å². The molecule has 1 unspecified atom stereocenters. The Balaban J connectivity index is 3.27. The summed E-state index contributed by atoms with van der Waals surface area (Å²) in [5.74, 6) is -4.10. The molecule has 19 heavy (non-hydrogen) atoms. The van der Waals surface area contributed by atoms with Gasteiger partial charge in [-0.3, -0.25) is 9.79 Å². The zero-order valence-corrected chi connectivity index (χ0v) is 10.0. The van der Waals surface area contributed by atoms with Crippen LogP contribution in [0.3, 0.4) is 0 Å². The zero-order valence-electron chi connectivity index (χ0n) is 10.0. The van der Waals surface area contributed by atoms with Gasteiger partial charge < -0.3 is 5.11 Å². The maximum Gasteiger partial charge on any atom is 0.395 e. The van der Waals surface area contributed by atoms with Crippen LogP contribution in [0.4, 0.5) is 17.6 Å². The number of hydrogen-bond donors (Lipinski definition) is 1. The summed E-state index contributed by atoms with van der Waals surface area (Å²) in [6.45, 7) is 6.13. The van der Waals surface area contributed by atoms with Crippen LogP contribution in [0.2, 0.25) is 0 Å². The van der Waals surface area contributed by atoms with Crippen molar-refractivity contribution in [2.75, 3.05) is 0 Å². The van der Waals surface area contributed by atoms with Gasteiger partial charge in [-0.15, -0.1) is 0 Å². The highest BCUT2D eigenvalue weighted by atomic mass is 19.4. The van der Waals surface area contributed by atoms with Crippen molar-refractivity contribution in [2.24, 2.45) is 16.3 Å². The van der Waals surface area contributed by atoms with E-state index in [9.17, 15) is 22.4 Å². The van der Waals surface area contributed by atoms with Gasteiger partial charge in [0.1, 0.15) is 5.83 Å². The minimum Gasteiger partial charge on any atom is -0.481 e. The number of allylic oxidation sites excluding steroid dienone is 3. The lowest BCUT2D eigenvalue weighted by Gasteiger charge is -2.28. The summed E-state index contributed by atoms with van der Waals surface area (Å²) in [7, 11) is 0. The lowest BCUT2D eigenvalue weighted by molar-refractivity contribution is -0.200. The summed E-state index contributed by atoms with van der Waals surface area (Å²) < 4.78 is 52.6. The van der Waals surface area contributed by atoms with Crippen molar-refractivity contribution >= 4 is 12.7 Å². The molecular formula is C12H13F4NO2. The molecule has 0 amide bonds. The first-order chi connectivity index (χ1) is 8.69. The highest BCUT2D eigenvalue weighted by Gasteiger charge is 2.68. The molecule has 106 valence electrons. The summed E-state index contributed by atoms with van der Waals surface area (Å²) in [5.41, 5.74) is -2.81. The highest BCUT2D eigenvalue weighted by molar-refractivity contribution is 5.68. The van der Waals surface area contributed by atoms with Gasteiger partial charge >= 0.3 is 12.1 Å². The van der Waals surface area contributed by atoms with Crippen LogP contribution in [0.25, 0.3) is 0 Å². The number of carboxylic acids is 1. The van der Waals surface area contributed by atoms with Crippen LogP contribution in [0.15, 0.2) is 29.2 Å². The first-order valence-corrected chi connectivity index (χ1v) is 5.47. The van der Waals surface area contributed by atoms with Gasteiger partial charge in [-0.05, 0) is 25.6 Å². The number of hydrogen-bond acceptors (Lipinski definition) is 2. The fraction of sp³-hybridized carbons (Fsp3) is 0.500. The third-order valence-corrected chi connectivity index (χ3v) is 3.32. The van der Waals surface area contributed by atoms with Crippen molar-refractivity contribution in [3.05, 3.63) is 24.2 Å². The normalized spacial score (nSPS) is 20.2. The van der Waals surface area contributed by atoms with Gasteiger partial charge in [0.05, 0.1) is 17.5 Å². The summed E-state index contributed by atoms with van der Waals surface area (Å²) in [6, 6.07) is 0. The number of nitrogens with zero attached hydrogens (tertiary/aromatic N) is 1. The van der Waals surface area contributed by atoms with Crippen LogP contribution >= 0.6 is 0 Å². The van der Waals surface area contributed by atoms with Gasteiger partial charge in [-0.25, -0.2) is 4.39 Å². The first kappa shape index (κ1) is 15.4. The molecule has 1 fully saturated rings. The second kappa shape index (κ2) is 5.14. The predicted molar refractivity (Wildman–Crippen MR) is 61.3 cm³/mol. The Hall–Kier alpha value is -1.66. The van der Waals surface area contributed by atoms with Crippen molar-refractivity contribution in [3.8, 4) is 0 Å². The SMILES string of the molecule is C=CC(F)=C(N=C)C(CC(=O)O)C1(C(F)(F)F)CC1. The van der Waals surface area contributed by atoms with E-state index in [0.717, 1.165) is 0 Å². The van der Waals surface area contributed by atoms with Crippen molar-refractivity contribution < 1.29 is 27.5 Å². The first-order valence-electron chi connectivity index (χ1n) is 5.47. The zero-order chi connectivity index (χ0) is 14.8. The maximum absolute atomic E-state index is 13.5. The highest BCUT2D eigenvalue weighted by Crippen LogP contribution is 2.65. The van der Waals surface area contributed by atoms with E-state index >= 15 is 0 Å². The quantitative estimate of drug-likeness (QED) is 0.459. The summed E-state index contributed by atoms with van der Waals surface area (Å²) in [5, 5.41) is 8.74. The molecule has 7 heteroatoms. The molecule has 1 N–H and O–H groups in total. The van der Waals surface area contributed by atoms with Crippen LogP contribution < -0.4 is 0 Å². The summed E-state index contributed by atoms with van der Waals surface area (Å²) >= 11 is 0. The Labute approximate surface area is 107 Å². The lowest BCUT2D eigenvalue weighted by atomic mass is 9.82. The van der Waals surface area contributed by atoms with Gasteiger partial charge in [0.25, 0.3) is 0 Å². The molecule has 0 saturated heterocycles. The standard InChI is InChI=1S/C12H13F4NO2/c1-3-8(13)10(17-2)7(6-9(18)19)11(4-5-11)12(14,15)16/h3,7H,1-2,4-6H2,(H,18,19). The molecule has 1 atom stereocenters. The van der Waals surface area contributed by atoms with Gasteiger partial charge in [0.2, 0.25) is 0 Å². The van der Waals surface area contributed by atoms with Crippen molar-refractivity contribution in [1.29, 1.82) is 0 Å². The predicted octanol–water partition coefficient (Wildman–Crippen LogP) is 3.49. The second-order valence-electron chi connectivity index (χ2n) is 4.40. The Kier molecular flexibility index (Phi) is 4.17. The Bertz CT molecular complexity index is 436. The lowest BCUT2D eigenvalue weighted by Crippen LogP contribution is -2.34.